The highest BCUT2D eigenvalue weighted by Gasteiger charge is 2.19. The minimum atomic E-state index is 0.938. The average Bonchev–Trinajstić information content (AvgIpc) is 2.24. The smallest absolute Gasteiger partial charge is 0.00218 e. The fraction of sp³-hybridized carbons (Fsp3) is 1.00. The van der Waals surface area contributed by atoms with Gasteiger partial charge in [-0.1, -0.05) is 6.42 Å². The van der Waals surface area contributed by atoms with Crippen LogP contribution in [0.15, 0.2) is 0 Å². The number of likely N-dealkylation sites (tertiary alicyclic amines) is 1. The summed E-state index contributed by atoms with van der Waals surface area (Å²) in [6.07, 6.45) is 5.70. The van der Waals surface area contributed by atoms with Crippen LogP contribution in [0.25, 0.3) is 0 Å². The predicted octanol–water partition coefficient (Wildman–Crippen LogP) is 1.08. The molecule has 2 saturated heterocycles. The fourth-order valence-corrected chi connectivity index (χ4v) is 2.18. The van der Waals surface area contributed by atoms with Crippen molar-refractivity contribution in [1.29, 1.82) is 0 Å². The molecule has 2 aliphatic rings. The van der Waals surface area contributed by atoms with Gasteiger partial charge in [0.25, 0.3) is 0 Å². The Kier molecular flexibility index (Phi) is 3.01. The highest BCUT2D eigenvalue weighted by molar-refractivity contribution is 4.75. The minimum Gasteiger partial charge on any atom is -0.316 e. The van der Waals surface area contributed by atoms with Crippen LogP contribution < -0.4 is 5.32 Å². The van der Waals surface area contributed by atoms with Crippen LogP contribution >= 0.6 is 0 Å². The summed E-state index contributed by atoms with van der Waals surface area (Å²) < 4.78 is 0. The molecule has 2 aliphatic heterocycles. The van der Waals surface area contributed by atoms with Gasteiger partial charge in [-0.2, -0.15) is 0 Å². The van der Waals surface area contributed by atoms with Crippen molar-refractivity contribution in [3.05, 3.63) is 0 Å². The van der Waals surface area contributed by atoms with E-state index in [1.54, 1.807) is 0 Å². The third-order valence-electron chi connectivity index (χ3n) is 3.11. The number of nitrogens with zero attached hydrogens (tertiary/aromatic N) is 1. The molecule has 1 atom stereocenters. The quantitative estimate of drug-likeness (QED) is 0.664. The molecule has 1 unspecified atom stereocenters. The highest BCUT2D eigenvalue weighted by atomic mass is 15.2. The van der Waals surface area contributed by atoms with Gasteiger partial charge < -0.3 is 10.2 Å². The van der Waals surface area contributed by atoms with Gasteiger partial charge in [-0.15, -0.1) is 0 Å². The zero-order valence-corrected chi connectivity index (χ0v) is 7.89. The van der Waals surface area contributed by atoms with Crippen molar-refractivity contribution in [3.8, 4) is 0 Å². The second-order valence-electron chi connectivity index (χ2n) is 4.22. The lowest BCUT2D eigenvalue weighted by Gasteiger charge is -2.33. The molecule has 2 fully saturated rings. The zero-order chi connectivity index (χ0) is 8.23. The molecule has 12 heavy (non-hydrogen) atoms. The van der Waals surface area contributed by atoms with Gasteiger partial charge in [0.15, 0.2) is 0 Å². The van der Waals surface area contributed by atoms with Crippen molar-refractivity contribution < 1.29 is 0 Å². The van der Waals surface area contributed by atoms with Gasteiger partial charge in [-0.25, -0.2) is 0 Å². The van der Waals surface area contributed by atoms with Crippen LogP contribution in [0.2, 0.25) is 0 Å². The molecule has 1 N–H and O–H groups in total. The van der Waals surface area contributed by atoms with Crippen molar-refractivity contribution >= 4 is 0 Å². The minimum absolute atomic E-state index is 0.938. The first-order valence-electron chi connectivity index (χ1n) is 5.38. The van der Waals surface area contributed by atoms with E-state index in [4.69, 9.17) is 0 Å². The molecular weight excluding hydrogens is 148 g/mol. The lowest BCUT2D eigenvalue weighted by molar-refractivity contribution is 0.149. The summed E-state index contributed by atoms with van der Waals surface area (Å²) >= 11 is 0. The lowest BCUT2D eigenvalue weighted by atomic mass is 10.0. The maximum Gasteiger partial charge on any atom is 0.00218 e. The van der Waals surface area contributed by atoms with Gasteiger partial charge in [-0.05, 0) is 51.4 Å². The standard InChI is InChI=1S/C10H20N2/c1-2-5-11-8-10(4-1)9-12-6-3-7-12/h10-11H,1-9H2. The van der Waals surface area contributed by atoms with Crippen LogP contribution in [0, 0.1) is 5.92 Å². The lowest BCUT2D eigenvalue weighted by Crippen LogP contribution is -2.42. The van der Waals surface area contributed by atoms with E-state index >= 15 is 0 Å². The van der Waals surface area contributed by atoms with Crippen molar-refractivity contribution in [2.75, 3.05) is 32.7 Å². The predicted molar refractivity (Wildman–Crippen MR) is 51.3 cm³/mol. The number of nitrogens with one attached hydrogen (secondary N) is 1. The van der Waals surface area contributed by atoms with Crippen molar-refractivity contribution in [2.24, 2.45) is 5.92 Å². The first-order valence-corrected chi connectivity index (χ1v) is 5.38. The molecule has 0 aromatic rings. The Morgan fingerprint density at radius 2 is 2.08 bits per heavy atom. The largest absolute Gasteiger partial charge is 0.316 e. The summed E-state index contributed by atoms with van der Waals surface area (Å²) in [5.74, 6) is 0.938. The molecule has 0 bridgehead atoms. The van der Waals surface area contributed by atoms with E-state index in [0.29, 0.717) is 0 Å². The van der Waals surface area contributed by atoms with Gasteiger partial charge in [0, 0.05) is 6.54 Å². The molecule has 0 aromatic carbocycles. The molecule has 0 amide bonds. The van der Waals surface area contributed by atoms with Crippen LogP contribution in [0.1, 0.15) is 25.7 Å². The molecule has 2 nitrogen and oxygen atoms in total. The Labute approximate surface area is 75.3 Å². The molecule has 2 heterocycles. The molecule has 0 saturated carbocycles. The summed E-state index contributed by atoms with van der Waals surface area (Å²) in [7, 11) is 0. The molecular formula is C10H20N2. The molecule has 70 valence electrons. The number of hydrogen-bond donors (Lipinski definition) is 1. The molecule has 0 spiro atoms. The molecule has 0 aromatic heterocycles. The molecule has 0 radical (unpaired) electrons. The van der Waals surface area contributed by atoms with Gasteiger partial charge in [0.1, 0.15) is 0 Å². The van der Waals surface area contributed by atoms with E-state index in [1.807, 2.05) is 0 Å². The highest BCUT2D eigenvalue weighted by Crippen LogP contribution is 2.15. The molecule has 0 aliphatic carbocycles. The van der Waals surface area contributed by atoms with Gasteiger partial charge in [0.05, 0.1) is 0 Å². The van der Waals surface area contributed by atoms with Crippen LogP contribution in [0.3, 0.4) is 0 Å². The van der Waals surface area contributed by atoms with Crippen molar-refractivity contribution in [3.63, 3.8) is 0 Å². The summed E-state index contributed by atoms with van der Waals surface area (Å²) in [6.45, 7) is 6.58. The van der Waals surface area contributed by atoms with E-state index in [1.165, 1.54) is 58.4 Å². The first-order chi connectivity index (χ1) is 5.95. The van der Waals surface area contributed by atoms with Crippen LogP contribution in [0.5, 0.6) is 0 Å². The third kappa shape index (κ3) is 2.20. The second-order valence-corrected chi connectivity index (χ2v) is 4.22. The Hall–Kier alpha value is -0.0800. The normalized spacial score (nSPS) is 32.5. The van der Waals surface area contributed by atoms with Gasteiger partial charge in [-0.3, -0.25) is 0 Å². The molecule has 2 rings (SSSR count). The topological polar surface area (TPSA) is 15.3 Å². The fourth-order valence-electron chi connectivity index (χ4n) is 2.18. The van der Waals surface area contributed by atoms with E-state index in [-0.39, 0.29) is 0 Å². The van der Waals surface area contributed by atoms with Crippen molar-refractivity contribution in [2.45, 2.75) is 25.7 Å². The Bertz CT molecular complexity index is 124. The Morgan fingerprint density at radius 3 is 2.83 bits per heavy atom. The third-order valence-corrected chi connectivity index (χ3v) is 3.11. The summed E-state index contributed by atoms with van der Waals surface area (Å²) in [5.41, 5.74) is 0. The SMILES string of the molecule is C1CCC(CN2CCC2)CNC1. The van der Waals surface area contributed by atoms with Gasteiger partial charge >= 0.3 is 0 Å². The van der Waals surface area contributed by atoms with E-state index in [0.717, 1.165) is 5.92 Å². The van der Waals surface area contributed by atoms with E-state index < -0.39 is 0 Å². The van der Waals surface area contributed by atoms with Gasteiger partial charge in [0.2, 0.25) is 0 Å². The maximum absolute atomic E-state index is 3.52. The number of hydrogen-bond acceptors (Lipinski definition) is 2. The zero-order valence-electron chi connectivity index (χ0n) is 7.89. The van der Waals surface area contributed by atoms with E-state index in [9.17, 15) is 0 Å². The first kappa shape index (κ1) is 8.52. The Balaban J connectivity index is 1.69. The monoisotopic (exact) mass is 168 g/mol. The van der Waals surface area contributed by atoms with Crippen molar-refractivity contribution in [1.82, 2.24) is 10.2 Å². The summed E-state index contributed by atoms with van der Waals surface area (Å²) in [6, 6.07) is 0. The second kappa shape index (κ2) is 4.24. The van der Waals surface area contributed by atoms with Crippen LogP contribution in [-0.4, -0.2) is 37.6 Å². The van der Waals surface area contributed by atoms with Crippen LogP contribution in [-0.2, 0) is 0 Å². The maximum atomic E-state index is 3.52. The average molecular weight is 168 g/mol. The number of rotatable bonds is 2. The summed E-state index contributed by atoms with van der Waals surface area (Å²) in [5, 5.41) is 3.52. The molecule has 2 heteroatoms. The summed E-state index contributed by atoms with van der Waals surface area (Å²) in [4.78, 5) is 2.59. The van der Waals surface area contributed by atoms with E-state index in [2.05, 4.69) is 10.2 Å². The van der Waals surface area contributed by atoms with Crippen LogP contribution in [0.4, 0.5) is 0 Å². The Morgan fingerprint density at radius 1 is 1.17 bits per heavy atom.